The number of para-hydroxylation sites is 1. The highest BCUT2D eigenvalue weighted by atomic mass is 32.2. The molecule has 9 heteroatoms. The maximum Gasteiger partial charge on any atom is 0.407 e. The van der Waals surface area contributed by atoms with E-state index in [0.29, 0.717) is 15.4 Å². The molecule has 3 rings (SSSR count). The Kier molecular flexibility index (Phi) is 6.71. The van der Waals surface area contributed by atoms with E-state index in [9.17, 15) is 26.0 Å². The maximum atomic E-state index is 14.8. The van der Waals surface area contributed by atoms with Gasteiger partial charge in [-0.3, -0.25) is 4.31 Å². The lowest BCUT2D eigenvalue weighted by molar-refractivity contribution is -0.117. The summed E-state index contributed by atoms with van der Waals surface area (Å²) in [5.74, 6) is -0.169. The molecule has 1 fully saturated rings. The van der Waals surface area contributed by atoms with Gasteiger partial charge in [0.1, 0.15) is 12.4 Å². The Morgan fingerprint density at radius 2 is 1.73 bits per heavy atom. The number of rotatable bonds is 6. The van der Waals surface area contributed by atoms with Crippen LogP contribution in [0.1, 0.15) is 35.4 Å². The van der Waals surface area contributed by atoms with Crippen LogP contribution in [0, 0.1) is 5.82 Å². The molecule has 0 aromatic heterocycles. The molecule has 1 aliphatic heterocycles. The van der Waals surface area contributed by atoms with Gasteiger partial charge in [0.05, 0.1) is 11.9 Å². The quantitative estimate of drug-likeness (QED) is 0.679. The average Bonchev–Trinajstić information content (AvgIpc) is 2.67. The average molecular weight is 444 g/mol. The van der Waals surface area contributed by atoms with Crippen LogP contribution in [0.2, 0.25) is 0 Å². The molecule has 0 bridgehead atoms. The Labute approximate surface area is 173 Å². The van der Waals surface area contributed by atoms with Gasteiger partial charge in [-0.2, -0.15) is 13.2 Å². The van der Waals surface area contributed by atoms with Crippen LogP contribution in [-0.4, -0.2) is 40.5 Å². The fourth-order valence-corrected chi connectivity index (χ4v) is 4.69. The topological polar surface area (TPSA) is 49.4 Å². The molecule has 164 valence electrons. The third kappa shape index (κ3) is 5.72. The molecule has 1 heterocycles. The van der Waals surface area contributed by atoms with E-state index in [2.05, 4.69) is 5.32 Å². The van der Waals surface area contributed by atoms with Crippen LogP contribution in [0.25, 0.3) is 0 Å². The van der Waals surface area contributed by atoms with Gasteiger partial charge in [0, 0.05) is 6.42 Å². The fraction of sp³-hybridized carbons (Fsp3) is 0.429. The van der Waals surface area contributed by atoms with Gasteiger partial charge in [-0.25, -0.2) is 12.8 Å². The summed E-state index contributed by atoms with van der Waals surface area (Å²) < 4.78 is 78.2. The van der Waals surface area contributed by atoms with E-state index >= 15 is 0 Å². The SMILES string of the molecule is CS(=O)(=O)N(CC(F)(F)F)c1ccccc1Cc1ccc(C2CCNCC2)cc1F. The van der Waals surface area contributed by atoms with E-state index in [-0.39, 0.29) is 18.0 Å². The number of halogens is 4. The summed E-state index contributed by atoms with van der Waals surface area (Å²) in [6, 6.07) is 10.8. The van der Waals surface area contributed by atoms with Gasteiger partial charge in [-0.15, -0.1) is 0 Å². The Morgan fingerprint density at radius 1 is 1.07 bits per heavy atom. The predicted octanol–water partition coefficient (Wildman–Crippen LogP) is 4.21. The highest BCUT2D eigenvalue weighted by Crippen LogP contribution is 2.31. The van der Waals surface area contributed by atoms with E-state index in [4.69, 9.17) is 0 Å². The van der Waals surface area contributed by atoms with Crippen LogP contribution in [-0.2, 0) is 16.4 Å². The van der Waals surface area contributed by atoms with Gasteiger partial charge < -0.3 is 5.32 Å². The monoisotopic (exact) mass is 444 g/mol. The molecule has 2 aromatic rings. The van der Waals surface area contributed by atoms with Crippen molar-refractivity contribution in [1.29, 1.82) is 0 Å². The van der Waals surface area contributed by atoms with Gasteiger partial charge >= 0.3 is 6.18 Å². The molecule has 30 heavy (non-hydrogen) atoms. The molecule has 2 aromatic carbocycles. The smallest absolute Gasteiger partial charge is 0.317 e. The van der Waals surface area contributed by atoms with Crippen LogP contribution in [0.15, 0.2) is 42.5 Å². The second-order valence-corrected chi connectivity index (χ2v) is 9.47. The van der Waals surface area contributed by atoms with Gasteiger partial charge in [-0.05, 0) is 60.7 Å². The Morgan fingerprint density at radius 3 is 2.33 bits per heavy atom. The first-order valence-electron chi connectivity index (χ1n) is 9.66. The highest BCUT2D eigenvalue weighted by molar-refractivity contribution is 7.92. The summed E-state index contributed by atoms with van der Waals surface area (Å²) in [6.07, 6.45) is -2.16. The van der Waals surface area contributed by atoms with Crippen LogP contribution < -0.4 is 9.62 Å². The van der Waals surface area contributed by atoms with Crippen molar-refractivity contribution in [2.75, 3.05) is 30.2 Å². The zero-order chi connectivity index (χ0) is 21.9. The van der Waals surface area contributed by atoms with E-state index in [1.807, 2.05) is 6.07 Å². The van der Waals surface area contributed by atoms with Crippen molar-refractivity contribution in [3.8, 4) is 0 Å². The zero-order valence-corrected chi connectivity index (χ0v) is 17.4. The lowest BCUT2D eigenvalue weighted by Crippen LogP contribution is -2.39. The number of nitrogens with one attached hydrogen (secondary N) is 1. The van der Waals surface area contributed by atoms with Crippen LogP contribution in [0.5, 0.6) is 0 Å². The van der Waals surface area contributed by atoms with E-state index in [1.54, 1.807) is 12.1 Å². The standard InChI is InChI=1S/C21H24F4N2O2S/c1-30(28,29)27(14-21(23,24)25)20-5-3-2-4-18(20)12-17-7-6-16(13-19(17)22)15-8-10-26-11-9-15/h2-7,13,15,26H,8-12,14H2,1H3. The number of hydrogen-bond donors (Lipinski definition) is 1. The number of alkyl halides is 3. The summed E-state index contributed by atoms with van der Waals surface area (Å²) in [7, 11) is -4.18. The first-order valence-corrected chi connectivity index (χ1v) is 11.5. The zero-order valence-electron chi connectivity index (χ0n) is 16.5. The van der Waals surface area contributed by atoms with Gasteiger partial charge in [-0.1, -0.05) is 30.3 Å². The summed E-state index contributed by atoms with van der Waals surface area (Å²) >= 11 is 0. The van der Waals surface area contributed by atoms with Crippen molar-refractivity contribution in [3.05, 3.63) is 65.0 Å². The second-order valence-electron chi connectivity index (χ2n) is 7.57. The number of piperidine rings is 1. The van der Waals surface area contributed by atoms with Crippen molar-refractivity contribution in [2.45, 2.75) is 31.4 Å². The van der Waals surface area contributed by atoms with Crippen molar-refractivity contribution in [2.24, 2.45) is 0 Å². The van der Waals surface area contributed by atoms with Crippen LogP contribution in [0.4, 0.5) is 23.2 Å². The summed E-state index contributed by atoms with van der Waals surface area (Å²) in [6.45, 7) is 0.115. The lowest BCUT2D eigenvalue weighted by Gasteiger charge is -2.26. The minimum Gasteiger partial charge on any atom is -0.317 e. The maximum absolute atomic E-state index is 14.8. The van der Waals surface area contributed by atoms with Crippen LogP contribution in [0.3, 0.4) is 0 Å². The number of nitrogens with zero attached hydrogens (tertiary/aromatic N) is 1. The molecule has 0 radical (unpaired) electrons. The molecule has 0 spiro atoms. The summed E-state index contributed by atoms with van der Waals surface area (Å²) in [5.41, 5.74) is 1.42. The van der Waals surface area contributed by atoms with Gasteiger partial charge in [0.15, 0.2) is 0 Å². The van der Waals surface area contributed by atoms with Gasteiger partial charge in [0.25, 0.3) is 0 Å². The fourth-order valence-electron chi connectivity index (χ4n) is 3.77. The molecule has 1 N–H and O–H groups in total. The summed E-state index contributed by atoms with van der Waals surface area (Å²) in [4.78, 5) is 0. The number of sulfonamides is 1. The molecular formula is C21H24F4N2O2S. The molecule has 0 aliphatic carbocycles. The van der Waals surface area contributed by atoms with Crippen molar-refractivity contribution in [1.82, 2.24) is 5.32 Å². The minimum atomic E-state index is -4.71. The van der Waals surface area contributed by atoms with Gasteiger partial charge in [0.2, 0.25) is 10.0 Å². The number of hydrogen-bond acceptors (Lipinski definition) is 3. The first kappa shape index (κ1) is 22.6. The van der Waals surface area contributed by atoms with E-state index in [1.165, 1.54) is 24.3 Å². The molecule has 0 amide bonds. The molecule has 0 unspecified atom stereocenters. The number of benzene rings is 2. The first-order chi connectivity index (χ1) is 14.0. The highest BCUT2D eigenvalue weighted by Gasteiger charge is 2.35. The molecule has 1 saturated heterocycles. The van der Waals surface area contributed by atoms with Crippen molar-refractivity contribution < 1.29 is 26.0 Å². The van der Waals surface area contributed by atoms with Crippen LogP contribution >= 0.6 is 0 Å². The predicted molar refractivity (Wildman–Crippen MR) is 109 cm³/mol. The summed E-state index contributed by atoms with van der Waals surface area (Å²) in [5, 5.41) is 3.26. The van der Waals surface area contributed by atoms with E-state index < -0.39 is 28.6 Å². The second kappa shape index (κ2) is 8.93. The largest absolute Gasteiger partial charge is 0.407 e. The Balaban J connectivity index is 1.90. The Hall–Kier alpha value is -2.13. The van der Waals surface area contributed by atoms with Crippen molar-refractivity contribution in [3.63, 3.8) is 0 Å². The molecule has 1 aliphatic rings. The molecule has 4 nitrogen and oxygen atoms in total. The van der Waals surface area contributed by atoms with Crippen molar-refractivity contribution >= 4 is 15.7 Å². The lowest BCUT2D eigenvalue weighted by atomic mass is 9.89. The molecule has 0 saturated carbocycles. The Bertz CT molecular complexity index is 987. The van der Waals surface area contributed by atoms with E-state index in [0.717, 1.165) is 37.8 Å². The normalized spacial score (nSPS) is 15.9. The minimum absolute atomic E-state index is 0.0155. The molecule has 0 atom stereocenters. The number of anilines is 1. The third-order valence-electron chi connectivity index (χ3n) is 5.25. The third-order valence-corrected chi connectivity index (χ3v) is 6.38. The molecular weight excluding hydrogens is 420 g/mol.